The molecule has 3 aromatic rings. The maximum absolute atomic E-state index is 15.3. The van der Waals surface area contributed by atoms with E-state index in [1.807, 2.05) is 4.90 Å². The number of phenols is 1. The SMILES string of the molecule is Cn1nc(-c2cc(C(F)(F)F)c(F)c(O)c2F)c2cc(F)c(N3CCCOCC34CC4)nc21. The first-order chi connectivity index (χ1) is 15.5. The summed E-state index contributed by atoms with van der Waals surface area (Å²) in [6, 6.07) is 1.23. The third-order valence-corrected chi connectivity index (χ3v) is 6.18. The van der Waals surface area contributed by atoms with Crippen LogP contribution in [0.2, 0.25) is 0 Å². The van der Waals surface area contributed by atoms with Gasteiger partial charge in [0.05, 0.1) is 23.1 Å². The fraction of sp³-hybridized carbons (Fsp3) is 0.429. The van der Waals surface area contributed by atoms with E-state index in [1.165, 1.54) is 11.7 Å². The number of nitrogens with zero attached hydrogens (tertiary/aromatic N) is 4. The Kier molecular flexibility index (Phi) is 4.78. The summed E-state index contributed by atoms with van der Waals surface area (Å²) >= 11 is 0. The number of phenolic OH excluding ortho intramolecular Hbond substituents is 1. The molecule has 3 heterocycles. The molecule has 2 fully saturated rings. The maximum Gasteiger partial charge on any atom is 0.419 e. The molecule has 1 aliphatic carbocycles. The number of benzene rings is 1. The summed E-state index contributed by atoms with van der Waals surface area (Å²) in [6.45, 7) is 1.48. The normalized spacial score (nSPS) is 18.2. The largest absolute Gasteiger partial charge is 0.503 e. The molecule has 0 bridgehead atoms. The summed E-state index contributed by atoms with van der Waals surface area (Å²) < 4.78 is 90.2. The number of halogens is 6. The van der Waals surface area contributed by atoms with Crippen LogP contribution in [0.4, 0.5) is 32.2 Å². The number of hydrogen-bond acceptors (Lipinski definition) is 5. The molecule has 1 saturated heterocycles. The molecule has 2 aliphatic rings. The van der Waals surface area contributed by atoms with Gasteiger partial charge in [0.2, 0.25) is 0 Å². The molecule has 1 saturated carbocycles. The highest BCUT2D eigenvalue weighted by molar-refractivity contribution is 5.93. The van der Waals surface area contributed by atoms with E-state index in [4.69, 9.17) is 4.74 Å². The molecule has 0 atom stereocenters. The van der Waals surface area contributed by atoms with Crippen molar-refractivity contribution in [2.24, 2.45) is 7.05 Å². The average molecular weight is 472 g/mol. The number of aromatic hydroxyl groups is 1. The lowest BCUT2D eigenvalue weighted by Crippen LogP contribution is -2.41. The van der Waals surface area contributed by atoms with Crippen molar-refractivity contribution < 1.29 is 36.2 Å². The zero-order chi connectivity index (χ0) is 23.7. The summed E-state index contributed by atoms with van der Waals surface area (Å²) in [7, 11) is 1.42. The van der Waals surface area contributed by atoms with Crippen LogP contribution in [-0.2, 0) is 18.0 Å². The van der Waals surface area contributed by atoms with Crippen molar-refractivity contribution in [2.75, 3.05) is 24.7 Å². The van der Waals surface area contributed by atoms with Crippen LogP contribution in [0.5, 0.6) is 5.75 Å². The molecule has 1 aromatic carbocycles. The minimum Gasteiger partial charge on any atom is -0.503 e. The molecule has 0 amide bonds. The van der Waals surface area contributed by atoms with E-state index in [-0.39, 0.29) is 28.5 Å². The highest BCUT2D eigenvalue weighted by Crippen LogP contribution is 2.47. The Morgan fingerprint density at radius 3 is 2.52 bits per heavy atom. The maximum atomic E-state index is 15.3. The van der Waals surface area contributed by atoms with Gasteiger partial charge in [0, 0.05) is 25.8 Å². The topological polar surface area (TPSA) is 63.4 Å². The number of anilines is 1. The highest BCUT2D eigenvalue weighted by atomic mass is 19.4. The Labute approximate surface area is 183 Å². The molecular weight excluding hydrogens is 454 g/mol. The number of aryl methyl sites for hydroxylation is 1. The van der Waals surface area contributed by atoms with Crippen molar-refractivity contribution in [2.45, 2.75) is 31.0 Å². The van der Waals surface area contributed by atoms with Gasteiger partial charge in [-0.25, -0.2) is 22.8 Å². The van der Waals surface area contributed by atoms with Crippen LogP contribution in [-0.4, -0.2) is 45.2 Å². The van der Waals surface area contributed by atoms with Crippen LogP contribution in [0, 0.1) is 17.5 Å². The third kappa shape index (κ3) is 3.38. The fourth-order valence-corrected chi connectivity index (χ4v) is 4.32. The van der Waals surface area contributed by atoms with E-state index >= 15 is 4.39 Å². The Bertz CT molecular complexity index is 1270. The van der Waals surface area contributed by atoms with Crippen molar-refractivity contribution in [3.05, 3.63) is 35.1 Å². The van der Waals surface area contributed by atoms with Crippen molar-refractivity contribution >= 4 is 16.9 Å². The Morgan fingerprint density at radius 1 is 1.12 bits per heavy atom. The predicted molar refractivity (Wildman–Crippen MR) is 105 cm³/mol. The summed E-state index contributed by atoms with van der Waals surface area (Å²) in [5, 5.41) is 13.6. The second-order valence-electron chi connectivity index (χ2n) is 8.37. The van der Waals surface area contributed by atoms with E-state index in [0.717, 1.165) is 18.9 Å². The van der Waals surface area contributed by atoms with Crippen molar-refractivity contribution in [1.82, 2.24) is 14.8 Å². The predicted octanol–water partition coefficient (Wildman–Crippen LogP) is 4.54. The summed E-state index contributed by atoms with van der Waals surface area (Å²) in [4.78, 5) is 6.22. The second kappa shape index (κ2) is 7.24. The first kappa shape index (κ1) is 21.8. The number of pyridine rings is 1. The zero-order valence-corrected chi connectivity index (χ0v) is 17.3. The van der Waals surface area contributed by atoms with Crippen molar-refractivity contribution in [1.29, 1.82) is 0 Å². The van der Waals surface area contributed by atoms with Gasteiger partial charge in [0.15, 0.2) is 34.7 Å². The minimum absolute atomic E-state index is 0.0541. The van der Waals surface area contributed by atoms with Gasteiger partial charge in [-0.1, -0.05) is 0 Å². The molecular formula is C21H18F6N4O2. The van der Waals surface area contributed by atoms with E-state index in [9.17, 15) is 27.1 Å². The van der Waals surface area contributed by atoms with Gasteiger partial charge in [-0.05, 0) is 31.4 Å². The van der Waals surface area contributed by atoms with Gasteiger partial charge in [-0.15, -0.1) is 0 Å². The molecule has 1 N–H and O–H groups in total. The van der Waals surface area contributed by atoms with E-state index in [0.29, 0.717) is 26.2 Å². The Hall–Kier alpha value is -3.02. The summed E-state index contributed by atoms with van der Waals surface area (Å²) in [5.41, 5.74) is -3.33. The molecule has 0 unspecified atom stereocenters. The minimum atomic E-state index is -5.20. The van der Waals surface area contributed by atoms with Crippen LogP contribution in [0.3, 0.4) is 0 Å². The smallest absolute Gasteiger partial charge is 0.419 e. The van der Waals surface area contributed by atoms with Crippen LogP contribution in [0.15, 0.2) is 12.1 Å². The summed E-state index contributed by atoms with van der Waals surface area (Å²) in [5.74, 6) is -6.25. The molecule has 6 nitrogen and oxygen atoms in total. The lowest BCUT2D eigenvalue weighted by molar-refractivity contribution is -0.140. The molecule has 2 aromatic heterocycles. The van der Waals surface area contributed by atoms with E-state index < -0.39 is 46.2 Å². The number of ether oxygens (including phenoxy) is 1. The van der Waals surface area contributed by atoms with Gasteiger partial charge in [0.25, 0.3) is 0 Å². The fourth-order valence-electron chi connectivity index (χ4n) is 4.32. The lowest BCUT2D eigenvalue weighted by atomic mass is 10.0. The Morgan fingerprint density at radius 2 is 1.85 bits per heavy atom. The average Bonchev–Trinajstić information content (AvgIpc) is 3.50. The molecule has 33 heavy (non-hydrogen) atoms. The van der Waals surface area contributed by atoms with Gasteiger partial charge < -0.3 is 14.7 Å². The number of aromatic nitrogens is 3. The van der Waals surface area contributed by atoms with Crippen LogP contribution < -0.4 is 4.90 Å². The van der Waals surface area contributed by atoms with Crippen LogP contribution in [0.25, 0.3) is 22.3 Å². The van der Waals surface area contributed by atoms with Gasteiger partial charge in [-0.2, -0.15) is 18.3 Å². The van der Waals surface area contributed by atoms with Crippen molar-refractivity contribution in [3.63, 3.8) is 0 Å². The van der Waals surface area contributed by atoms with Gasteiger partial charge in [-0.3, -0.25) is 0 Å². The van der Waals surface area contributed by atoms with Crippen molar-refractivity contribution in [3.8, 4) is 17.0 Å². The molecule has 1 aliphatic heterocycles. The van der Waals surface area contributed by atoms with Gasteiger partial charge in [0.1, 0.15) is 5.69 Å². The van der Waals surface area contributed by atoms with E-state index in [1.54, 1.807) is 0 Å². The number of hydrogen-bond donors (Lipinski definition) is 1. The second-order valence-corrected chi connectivity index (χ2v) is 8.37. The molecule has 0 radical (unpaired) electrons. The molecule has 176 valence electrons. The number of fused-ring (bicyclic) bond motifs is 1. The molecule has 12 heteroatoms. The van der Waals surface area contributed by atoms with Gasteiger partial charge >= 0.3 is 6.18 Å². The summed E-state index contributed by atoms with van der Waals surface area (Å²) in [6.07, 6.45) is -2.91. The van der Waals surface area contributed by atoms with Crippen LogP contribution >= 0.6 is 0 Å². The van der Waals surface area contributed by atoms with E-state index in [2.05, 4.69) is 10.1 Å². The lowest BCUT2D eigenvalue weighted by Gasteiger charge is -2.30. The standard InChI is InChI=1S/C21H18F6N4O2/c1-30-18-11(8-13(22)19(28-18)31-5-2-6-33-9-20(31)3-4-20)16(29-30)10-7-12(21(25,26)27)15(24)17(32)14(10)23/h7-8,32H,2-6,9H2,1H3. The zero-order valence-electron chi connectivity index (χ0n) is 17.3. The Balaban J connectivity index is 1.69. The first-order valence-corrected chi connectivity index (χ1v) is 10.2. The monoisotopic (exact) mass is 472 g/mol. The number of alkyl halides is 3. The van der Waals surface area contributed by atoms with Crippen LogP contribution in [0.1, 0.15) is 24.8 Å². The third-order valence-electron chi connectivity index (χ3n) is 6.18. The molecule has 5 rings (SSSR count). The first-order valence-electron chi connectivity index (χ1n) is 10.2. The molecule has 1 spiro atoms. The quantitative estimate of drug-likeness (QED) is 0.555. The highest BCUT2D eigenvalue weighted by Gasteiger charge is 2.50. The number of rotatable bonds is 2.